The Hall–Kier alpha value is -0.640. The monoisotopic (exact) mass is 314 g/mol. The summed E-state index contributed by atoms with van der Waals surface area (Å²) in [7, 11) is -12.2. The number of halogens is 6. The van der Waals surface area contributed by atoms with Crippen LogP contribution in [0, 0.1) is 0 Å². The van der Waals surface area contributed by atoms with Crippen LogP contribution in [0.1, 0.15) is 0 Å². The molecule has 0 saturated heterocycles. The first-order valence-corrected chi connectivity index (χ1v) is 5.36. The van der Waals surface area contributed by atoms with Crippen molar-refractivity contribution in [1.82, 2.24) is 0 Å². The zero-order valence-corrected chi connectivity index (χ0v) is 8.58. The minimum atomic E-state index is -6.09. The molecule has 0 amide bonds. The molecule has 0 aliphatic heterocycles. The third-order valence-corrected chi connectivity index (χ3v) is 1.70. The van der Waals surface area contributed by atoms with E-state index in [1.54, 1.807) is 0 Å². The molecule has 0 aromatic heterocycles. The molecule has 0 bridgehead atoms. The summed E-state index contributed by atoms with van der Waals surface area (Å²) >= 11 is 0. The average molecular weight is 314 g/mol. The van der Waals surface area contributed by atoms with E-state index < -0.39 is 31.3 Å². The smallest absolute Gasteiger partial charge is 0.741 e. The molecular weight excluding hydrogens is 314 g/mol. The molecule has 104 valence electrons. The predicted molar refractivity (Wildman–Crippen MR) is 32.2 cm³/mol. The molecule has 4 radical (unpaired) electrons. The number of hydrogen-bond acceptors (Lipinski definition) is 6. The second-order valence-corrected chi connectivity index (χ2v) is 4.54. The summed E-state index contributed by atoms with van der Waals surface area (Å²) in [5, 5.41) is 0. The maximum atomic E-state index is 10.7. The molecule has 7 nitrogen and oxygen atoms in total. The number of rotatable bonds is 0. The normalized spacial score (nSPS) is 13.2. The Morgan fingerprint density at radius 2 is 0.706 bits per heavy atom. The van der Waals surface area contributed by atoms with Crippen molar-refractivity contribution in [1.29, 1.82) is 0 Å². The van der Waals surface area contributed by atoms with Gasteiger partial charge < -0.3 is 9.11 Å². The van der Waals surface area contributed by atoms with Crippen LogP contribution in [-0.2, 0) is 25.7 Å². The zero-order valence-electron chi connectivity index (χ0n) is 6.94. The summed E-state index contributed by atoms with van der Waals surface area (Å²) in [5.41, 5.74) is -11.3. The maximum absolute atomic E-state index is 10.7. The van der Waals surface area contributed by atoms with Crippen molar-refractivity contribution in [3.8, 4) is 0 Å². The van der Waals surface area contributed by atoms with E-state index in [9.17, 15) is 26.3 Å². The van der Waals surface area contributed by atoms with Gasteiger partial charge in [0.1, 0.15) is 0 Å². The van der Waals surface area contributed by atoms with Crippen molar-refractivity contribution in [3.05, 3.63) is 0 Å². The van der Waals surface area contributed by atoms with E-state index in [4.69, 9.17) is 25.9 Å². The fraction of sp³-hybridized carbons (Fsp3) is 1.00. The Morgan fingerprint density at radius 1 is 0.647 bits per heavy atom. The molecule has 0 unspecified atom stereocenters. The van der Waals surface area contributed by atoms with E-state index in [1.807, 2.05) is 0 Å². The van der Waals surface area contributed by atoms with Crippen molar-refractivity contribution >= 4 is 20.2 Å². The van der Waals surface area contributed by atoms with Crippen LogP contribution in [0.5, 0.6) is 0 Å². The summed E-state index contributed by atoms with van der Waals surface area (Å²) in [5.74, 6) is 0. The van der Waals surface area contributed by atoms with Gasteiger partial charge >= 0.3 is 16.5 Å². The molecule has 0 atom stereocenters. The van der Waals surface area contributed by atoms with Crippen LogP contribution < -0.4 is 0 Å². The third-order valence-electron chi connectivity index (χ3n) is 0.567. The first kappa shape index (κ1) is 21.6. The molecule has 17 heavy (non-hydrogen) atoms. The molecule has 0 saturated carbocycles. The van der Waals surface area contributed by atoms with Gasteiger partial charge in [-0.3, -0.25) is 0 Å². The second kappa shape index (κ2) is 5.80. The molecule has 0 aromatic rings. The van der Waals surface area contributed by atoms with Gasteiger partial charge in [-0.1, -0.05) is 0 Å². The van der Waals surface area contributed by atoms with Crippen molar-refractivity contribution in [2.75, 3.05) is 0 Å². The van der Waals surface area contributed by atoms with Gasteiger partial charge in [0.15, 0.2) is 20.2 Å². The first-order chi connectivity index (χ1) is 6.50. The molecule has 0 aliphatic rings. The Morgan fingerprint density at radius 3 is 0.706 bits per heavy atom. The molecule has 0 aliphatic carbocycles. The van der Waals surface area contributed by atoms with Crippen LogP contribution in [0.3, 0.4) is 0 Å². The molecule has 15 heteroatoms. The highest BCUT2D eigenvalue weighted by Gasteiger charge is 2.37. The quantitative estimate of drug-likeness (QED) is 0.349. The molecule has 0 spiro atoms. The van der Waals surface area contributed by atoms with Gasteiger partial charge in [-0.05, 0) is 0 Å². The number of hydrogen-bond donors (Lipinski definition) is 0. The minimum Gasteiger partial charge on any atom is -0.741 e. The second-order valence-electron chi connectivity index (χ2n) is 1.80. The summed E-state index contributed by atoms with van der Waals surface area (Å²) in [4.78, 5) is 0. The standard InChI is InChI=1S/2CHF3O3S.O/c2*2-1(3,4)8(5,6)7;/h2*(H,5,6,7);/q;;+2/p-2. The molecule has 0 N–H and O–H groups in total. The largest absolute Gasteiger partial charge is 2.00 e. The topological polar surface area (TPSA) is 143 Å². The molecule has 0 heterocycles. The van der Waals surface area contributed by atoms with Crippen LogP contribution in [0.4, 0.5) is 26.3 Å². The summed E-state index contributed by atoms with van der Waals surface area (Å²) in [6, 6.07) is 0. The van der Waals surface area contributed by atoms with Gasteiger partial charge in [-0.25, -0.2) is 16.8 Å². The highest BCUT2D eigenvalue weighted by atomic mass is 32.2. The van der Waals surface area contributed by atoms with Gasteiger partial charge in [0.2, 0.25) is 0 Å². The van der Waals surface area contributed by atoms with E-state index in [2.05, 4.69) is 0 Å². The lowest BCUT2D eigenvalue weighted by atomic mass is 11.6. The van der Waals surface area contributed by atoms with Crippen molar-refractivity contribution < 1.29 is 57.8 Å². The van der Waals surface area contributed by atoms with Gasteiger partial charge in [0.25, 0.3) is 0 Å². The van der Waals surface area contributed by atoms with Gasteiger partial charge in [0, 0.05) is 0 Å². The highest BCUT2D eigenvalue weighted by molar-refractivity contribution is 7.86. The summed E-state index contributed by atoms with van der Waals surface area (Å²) < 4.78 is 118. The van der Waals surface area contributed by atoms with Gasteiger partial charge in [0.05, 0.1) is 0 Å². The third kappa shape index (κ3) is 9.10. The van der Waals surface area contributed by atoms with Crippen molar-refractivity contribution in [3.63, 3.8) is 0 Å². The Balaban J connectivity index is -0.000000218. The lowest BCUT2D eigenvalue weighted by Gasteiger charge is -2.08. The number of alkyl halides is 6. The lowest BCUT2D eigenvalue weighted by Crippen LogP contribution is -2.21. The Kier molecular flexibility index (Phi) is 7.38. The van der Waals surface area contributed by atoms with Crippen LogP contribution in [0.2, 0.25) is 0 Å². The SMILES string of the molecule is O=S(=O)([O-])C(F)(F)F.O=S(=O)([O-])C(F)(F)F.[O+2]. The summed E-state index contributed by atoms with van der Waals surface area (Å²) in [6.07, 6.45) is 0. The highest BCUT2D eigenvalue weighted by Crippen LogP contribution is 2.20. The van der Waals surface area contributed by atoms with Crippen LogP contribution in [-0.4, -0.2) is 37.0 Å². The fourth-order valence-corrected chi connectivity index (χ4v) is 0. The van der Waals surface area contributed by atoms with E-state index in [1.165, 1.54) is 0 Å². The minimum absolute atomic E-state index is 0. The van der Waals surface area contributed by atoms with E-state index >= 15 is 0 Å². The predicted octanol–water partition coefficient (Wildman–Crippen LogP) is -0.0160. The molecular formula is C2F6O7S2. The van der Waals surface area contributed by atoms with Crippen molar-refractivity contribution in [2.45, 2.75) is 11.0 Å². The van der Waals surface area contributed by atoms with E-state index in [0.717, 1.165) is 0 Å². The van der Waals surface area contributed by atoms with Crippen LogP contribution in [0.25, 0.3) is 0 Å². The van der Waals surface area contributed by atoms with Gasteiger partial charge in [-0.15, -0.1) is 0 Å². The maximum Gasteiger partial charge on any atom is 2.00 e. The van der Waals surface area contributed by atoms with E-state index in [-0.39, 0.29) is 5.48 Å². The Bertz CT molecular complexity index is 370. The van der Waals surface area contributed by atoms with Crippen molar-refractivity contribution in [2.24, 2.45) is 0 Å². The Labute approximate surface area is 89.8 Å². The zero-order chi connectivity index (χ0) is 14.0. The average Bonchev–Trinajstić information content (AvgIpc) is 1.77. The van der Waals surface area contributed by atoms with Crippen LogP contribution >= 0.6 is 0 Å². The molecule has 0 rings (SSSR count). The van der Waals surface area contributed by atoms with Gasteiger partial charge in [-0.2, -0.15) is 26.3 Å². The molecule has 0 aromatic carbocycles. The fourth-order valence-electron chi connectivity index (χ4n) is 0. The van der Waals surface area contributed by atoms with E-state index in [0.29, 0.717) is 0 Å². The van der Waals surface area contributed by atoms with Crippen LogP contribution in [0.15, 0.2) is 0 Å². The molecule has 0 fully saturated rings. The summed E-state index contributed by atoms with van der Waals surface area (Å²) in [6.45, 7) is 0. The lowest BCUT2D eigenvalue weighted by molar-refractivity contribution is -0.0522. The first-order valence-electron chi connectivity index (χ1n) is 2.54.